The zero-order chi connectivity index (χ0) is 19.8. The molecular weight excluding hydrogens is 360 g/mol. The van der Waals surface area contributed by atoms with Gasteiger partial charge < -0.3 is 24.1 Å². The van der Waals surface area contributed by atoms with Gasteiger partial charge in [0.25, 0.3) is 5.88 Å². The summed E-state index contributed by atoms with van der Waals surface area (Å²) >= 11 is 0. The largest absolute Gasteiger partial charge is 0.506 e. The molecule has 0 radical (unpaired) electrons. The van der Waals surface area contributed by atoms with Gasteiger partial charge in [0.15, 0.2) is 5.75 Å². The molecule has 0 saturated heterocycles. The number of hydrogen-bond acceptors (Lipinski definition) is 7. The van der Waals surface area contributed by atoms with Crippen LogP contribution in [0, 0.1) is 0 Å². The lowest BCUT2D eigenvalue weighted by Gasteiger charge is -2.13. The van der Waals surface area contributed by atoms with Crippen LogP contribution in [0.15, 0.2) is 55.0 Å². The Balaban J connectivity index is 1.64. The maximum absolute atomic E-state index is 9.77. The Labute approximate surface area is 163 Å². The third kappa shape index (κ3) is 5.03. The molecule has 0 unspecified atom stereocenters. The fourth-order valence-electron chi connectivity index (χ4n) is 2.59. The molecule has 28 heavy (non-hydrogen) atoms. The van der Waals surface area contributed by atoms with Crippen molar-refractivity contribution in [1.82, 2.24) is 9.97 Å². The average molecular weight is 382 g/mol. The van der Waals surface area contributed by atoms with Gasteiger partial charge in [-0.2, -0.15) is 0 Å². The Hall–Kier alpha value is -3.48. The molecule has 0 aliphatic carbocycles. The monoisotopic (exact) mass is 382 g/mol. The minimum absolute atomic E-state index is 0.194. The zero-order valence-electron chi connectivity index (χ0n) is 15.8. The van der Waals surface area contributed by atoms with E-state index in [9.17, 15) is 5.11 Å². The van der Waals surface area contributed by atoms with Crippen molar-refractivity contribution in [2.75, 3.05) is 20.8 Å². The van der Waals surface area contributed by atoms with Crippen LogP contribution >= 0.6 is 0 Å². The molecular formula is C21H22N2O5. The molecule has 0 aliphatic heterocycles. The van der Waals surface area contributed by atoms with Crippen molar-refractivity contribution in [1.29, 1.82) is 0 Å². The molecule has 0 fully saturated rings. The van der Waals surface area contributed by atoms with Crippen molar-refractivity contribution in [3.8, 4) is 34.6 Å². The highest BCUT2D eigenvalue weighted by molar-refractivity contribution is 5.45. The lowest BCUT2D eigenvalue weighted by molar-refractivity contribution is 0.291. The Kier molecular flexibility index (Phi) is 6.51. The summed E-state index contributed by atoms with van der Waals surface area (Å²) in [4.78, 5) is 8.13. The maximum Gasteiger partial charge on any atom is 0.262 e. The first-order valence-corrected chi connectivity index (χ1v) is 8.80. The van der Waals surface area contributed by atoms with Gasteiger partial charge in [-0.1, -0.05) is 0 Å². The second kappa shape index (κ2) is 9.45. The highest BCUT2D eigenvalue weighted by Crippen LogP contribution is 2.33. The molecule has 1 aromatic carbocycles. The van der Waals surface area contributed by atoms with Gasteiger partial charge in [-0.15, -0.1) is 0 Å². The number of ether oxygens (including phenoxy) is 4. The first-order chi connectivity index (χ1) is 13.7. The first-order valence-electron chi connectivity index (χ1n) is 8.80. The molecule has 2 heterocycles. The van der Waals surface area contributed by atoms with E-state index in [2.05, 4.69) is 9.97 Å². The lowest BCUT2D eigenvalue weighted by Crippen LogP contribution is -2.02. The first kappa shape index (κ1) is 19.3. The van der Waals surface area contributed by atoms with Gasteiger partial charge >= 0.3 is 0 Å². The number of nitrogens with zero attached hydrogens (tertiary/aromatic N) is 2. The van der Waals surface area contributed by atoms with E-state index in [-0.39, 0.29) is 5.75 Å². The SMILES string of the molecule is COc1cc(OC)cc(Oc2ncccc2OCCCc2ccncc2O)c1. The molecule has 0 aliphatic rings. The summed E-state index contributed by atoms with van der Waals surface area (Å²) in [6, 6.07) is 10.6. The molecule has 0 spiro atoms. The summed E-state index contributed by atoms with van der Waals surface area (Å²) in [6.07, 6.45) is 6.13. The van der Waals surface area contributed by atoms with Gasteiger partial charge in [-0.3, -0.25) is 4.98 Å². The van der Waals surface area contributed by atoms with E-state index in [4.69, 9.17) is 18.9 Å². The van der Waals surface area contributed by atoms with Crippen LogP contribution in [0.1, 0.15) is 12.0 Å². The van der Waals surface area contributed by atoms with Crippen LogP contribution in [0.3, 0.4) is 0 Å². The summed E-state index contributed by atoms with van der Waals surface area (Å²) in [5.74, 6) is 2.84. The lowest BCUT2D eigenvalue weighted by atomic mass is 10.1. The van der Waals surface area contributed by atoms with Crippen molar-refractivity contribution in [2.45, 2.75) is 12.8 Å². The van der Waals surface area contributed by atoms with Gasteiger partial charge in [0.05, 0.1) is 27.0 Å². The topological polar surface area (TPSA) is 82.9 Å². The number of aromatic hydroxyl groups is 1. The summed E-state index contributed by atoms with van der Waals surface area (Å²) < 4.78 is 22.2. The Bertz CT molecular complexity index is 895. The van der Waals surface area contributed by atoms with Crippen molar-refractivity contribution in [3.63, 3.8) is 0 Å². The Morgan fingerprint density at radius 3 is 2.43 bits per heavy atom. The highest BCUT2D eigenvalue weighted by atomic mass is 16.5. The quantitative estimate of drug-likeness (QED) is 0.560. The van der Waals surface area contributed by atoms with Crippen molar-refractivity contribution in [3.05, 3.63) is 60.6 Å². The number of methoxy groups -OCH3 is 2. The van der Waals surface area contributed by atoms with Gasteiger partial charge in [-0.25, -0.2) is 4.98 Å². The molecule has 1 N–H and O–H groups in total. The summed E-state index contributed by atoms with van der Waals surface area (Å²) in [5.41, 5.74) is 0.838. The number of hydrogen-bond donors (Lipinski definition) is 1. The highest BCUT2D eigenvalue weighted by Gasteiger charge is 2.10. The molecule has 0 amide bonds. The predicted molar refractivity (Wildman–Crippen MR) is 104 cm³/mol. The van der Waals surface area contributed by atoms with Gasteiger partial charge in [0.2, 0.25) is 0 Å². The normalized spacial score (nSPS) is 10.4. The van der Waals surface area contributed by atoms with Crippen LogP contribution < -0.4 is 18.9 Å². The molecule has 0 atom stereocenters. The van der Waals surface area contributed by atoms with Crippen molar-refractivity contribution >= 4 is 0 Å². The summed E-state index contributed by atoms with van der Waals surface area (Å²) in [5, 5.41) is 9.77. The maximum atomic E-state index is 9.77. The van der Waals surface area contributed by atoms with E-state index in [0.29, 0.717) is 41.9 Å². The van der Waals surface area contributed by atoms with E-state index in [0.717, 1.165) is 12.0 Å². The molecule has 0 bridgehead atoms. The number of rotatable bonds is 9. The van der Waals surface area contributed by atoms with Crippen LogP contribution in [0.25, 0.3) is 0 Å². The number of aromatic nitrogens is 2. The van der Waals surface area contributed by atoms with E-state index >= 15 is 0 Å². The molecule has 7 nitrogen and oxygen atoms in total. The smallest absolute Gasteiger partial charge is 0.262 e. The minimum atomic E-state index is 0.194. The minimum Gasteiger partial charge on any atom is -0.506 e. The van der Waals surface area contributed by atoms with E-state index < -0.39 is 0 Å². The van der Waals surface area contributed by atoms with Crippen LogP contribution in [0.2, 0.25) is 0 Å². The summed E-state index contributed by atoms with van der Waals surface area (Å²) in [7, 11) is 3.16. The fraction of sp³-hybridized carbons (Fsp3) is 0.238. The van der Waals surface area contributed by atoms with Crippen LogP contribution in [0.5, 0.6) is 34.6 Å². The van der Waals surface area contributed by atoms with Crippen LogP contribution in [0.4, 0.5) is 0 Å². The Morgan fingerprint density at radius 1 is 0.964 bits per heavy atom. The van der Waals surface area contributed by atoms with Crippen LogP contribution in [-0.4, -0.2) is 35.9 Å². The van der Waals surface area contributed by atoms with E-state index in [1.165, 1.54) is 6.20 Å². The Morgan fingerprint density at radius 2 is 1.71 bits per heavy atom. The molecule has 3 rings (SSSR count). The van der Waals surface area contributed by atoms with Crippen molar-refractivity contribution in [2.24, 2.45) is 0 Å². The number of benzene rings is 1. The average Bonchev–Trinajstić information content (AvgIpc) is 2.73. The zero-order valence-corrected chi connectivity index (χ0v) is 15.8. The number of aryl methyl sites for hydroxylation is 1. The van der Waals surface area contributed by atoms with Gasteiger partial charge in [0, 0.05) is 30.6 Å². The third-order valence-electron chi connectivity index (χ3n) is 4.01. The molecule has 7 heteroatoms. The van der Waals surface area contributed by atoms with Gasteiger partial charge in [0.1, 0.15) is 23.0 Å². The standard InChI is InChI=1S/C21H22N2O5/c1-25-16-11-17(26-2)13-18(12-16)28-21-20(6-3-8-23-21)27-10-4-5-15-7-9-22-14-19(15)24/h3,6-9,11-14,24H,4-5,10H2,1-2H3. The molecule has 146 valence electrons. The molecule has 2 aromatic heterocycles. The second-order valence-electron chi connectivity index (χ2n) is 5.91. The van der Waals surface area contributed by atoms with Gasteiger partial charge in [-0.05, 0) is 36.6 Å². The third-order valence-corrected chi connectivity index (χ3v) is 4.01. The second-order valence-corrected chi connectivity index (χ2v) is 5.91. The predicted octanol–water partition coefficient (Wildman–Crippen LogP) is 4.00. The van der Waals surface area contributed by atoms with Crippen molar-refractivity contribution < 1.29 is 24.1 Å². The fourth-order valence-corrected chi connectivity index (χ4v) is 2.59. The molecule has 0 saturated carbocycles. The van der Waals surface area contributed by atoms with E-state index in [1.807, 2.05) is 0 Å². The van der Waals surface area contributed by atoms with E-state index in [1.54, 1.807) is 63.0 Å². The molecule has 3 aromatic rings. The van der Waals surface area contributed by atoms with Crippen LogP contribution in [-0.2, 0) is 6.42 Å². The summed E-state index contributed by atoms with van der Waals surface area (Å²) in [6.45, 7) is 0.450. The number of pyridine rings is 2.